The van der Waals surface area contributed by atoms with Crippen LogP contribution >= 0.6 is 0 Å². The molecular formula is C13H21NO3. The average Bonchev–Trinajstić information content (AvgIpc) is 2.29. The summed E-state index contributed by atoms with van der Waals surface area (Å²) >= 11 is 0. The highest BCUT2D eigenvalue weighted by Gasteiger charge is 2.23. The van der Waals surface area contributed by atoms with Crippen molar-refractivity contribution in [3.05, 3.63) is 18.2 Å². The molecule has 2 rings (SSSR count). The maximum atomic E-state index is 5.82. The summed E-state index contributed by atoms with van der Waals surface area (Å²) in [7, 11) is 5.40. The Kier molecular flexibility index (Phi) is 4.63. The quantitative estimate of drug-likeness (QED) is 0.809. The van der Waals surface area contributed by atoms with Crippen molar-refractivity contribution in [2.24, 2.45) is 0 Å². The van der Waals surface area contributed by atoms with Gasteiger partial charge in [0, 0.05) is 20.2 Å². The van der Waals surface area contributed by atoms with E-state index in [4.69, 9.17) is 14.2 Å². The highest BCUT2D eigenvalue weighted by Crippen LogP contribution is 2.35. The number of anilines is 1. The Morgan fingerprint density at radius 3 is 2.82 bits per heavy atom. The van der Waals surface area contributed by atoms with Crippen molar-refractivity contribution in [1.29, 1.82) is 0 Å². The fourth-order valence-corrected chi connectivity index (χ4v) is 1.92. The number of hydrogen-bond acceptors (Lipinski definition) is 4. The van der Waals surface area contributed by atoms with Crippen LogP contribution in [0.15, 0.2) is 18.2 Å². The number of likely N-dealkylation sites (N-methyl/N-ethyl adjacent to an activating group) is 1. The molecule has 1 aromatic carbocycles. The molecule has 1 aromatic rings. The van der Waals surface area contributed by atoms with Crippen LogP contribution in [0.1, 0.15) is 7.43 Å². The van der Waals surface area contributed by atoms with Gasteiger partial charge in [0.05, 0.1) is 25.9 Å². The second kappa shape index (κ2) is 5.77. The smallest absolute Gasteiger partial charge is 0.143 e. The van der Waals surface area contributed by atoms with Crippen LogP contribution in [0.3, 0.4) is 0 Å². The van der Waals surface area contributed by atoms with Gasteiger partial charge >= 0.3 is 0 Å². The van der Waals surface area contributed by atoms with Gasteiger partial charge in [-0.3, -0.25) is 0 Å². The van der Waals surface area contributed by atoms with Crippen LogP contribution < -0.4 is 14.4 Å². The topological polar surface area (TPSA) is 30.9 Å². The lowest BCUT2D eigenvalue weighted by Crippen LogP contribution is -2.40. The van der Waals surface area contributed by atoms with Crippen molar-refractivity contribution in [2.75, 3.05) is 39.3 Å². The van der Waals surface area contributed by atoms with E-state index in [0.29, 0.717) is 6.61 Å². The predicted octanol–water partition coefficient (Wildman–Crippen LogP) is 2.17. The van der Waals surface area contributed by atoms with Gasteiger partial charge in [0.15, 0.2) is 0 Å². The van der Waals surface area contributed by atoms with E-state index in [2.05, 4.69) is 4.90 Å². The first kappa shape index (κ1) is 13.6. The van der Waals surface area contributed by atoms with E-state index in [1.54, 1.807) is 14.2 Å². The van der Waals surface area contributed by atoms with Gasteiger partial charge in [-0.05, 0) is 12.1 Å². The molecule has 0 aliphatic carbocycles. The summed E-state index contributed by atoms with van der Waals surface area (Å²) in [5, 5.41) is 0. The van der Waals surface area contributed by atoms with E-state index in [-0.39, 0.29) is 13.5 Å². The highest BCUT2D eigenvalue weighted by atomic mass is 16.5. The SMILES string of the molecule is C.COC[C@H]1CN(C)c2cc(OC)ccc2O1. The molecule has 0 amide bonds. The van der Waals surface area contributed by atoms with Crippen molar-refractivity contribution in [1.82, 2.24) is 0 Å². The summed E-state index contributed by atoms with van der Waals surface area (Å²) < 4.78 is 16.1. The van der Waals surface area contributed by atoms with Gasteiger partial charge in [-0.25, -0.2) is 0 Å². The first-order valence-electron chi connectivity index (χ1n) is 5.29. The van der Waals surface area contributed by atoms with Crippen LogP contribution in [0, 0.1) is 0 Å². The number of nitrogens with zero attached hydrogens (tertiary/aromatic N) is 1. The maximum Gasteiger partial charge on any atom is 0.143 e. The fraction of sp³-hybridized carbons (Fsp3) is 0.538. The lowest BCUT2D eigenvalue weighted by molar-refractivity contribution is 0.0801. The van der Waals surface area contributed by atoms with Gasteiger partial charge in [0.2, 0.25) is 0 Å². The number of ether oxygens (including phenoxy) is 3. The first-order valence-corrected chi connectivity index (χ1v) is 5.29. The van der Waals surface area contributed by atoms with Gasteiger partial charge in [-0.1, -0.05) is 7.43 Å². The Morgan fingerprint density at radius 2 is 2.18 bits per heavy atom. The molecule has 0 radical (unpaired) electrons. The molecule has 1 atom stereocenters. The van der Waals surface area contributed by atoms with E-state index < -0.39 is 0 Å². The first-order chi connectivity index (χ1) is 7.74. The molecule has 0 N–H and O–H groups in total. The molecule has 0 spiro atoms. The van der Waals surface area contributed by atoms with Crippen molar-refractivity contribution in [2.45, 2.75) is 13.5 Å². The molecule has 1 aliphatic rings. The molecule has 4 nitrogen and oxygen atoms in total. The van der Waals surface area contributed by atoms with E-state index in [0.717, 1.165) is 23.7 Å². The van der Waals surface area contributed by atoms with Crippen LogP contribution in [-0.4, -0.2) is 40.5 Å². The standard InChI is InChI=1S/C12H17NO3.CH4/c1-13-7-10(8-14-2)16-12-5-4-9(15-3)6-11(12)13;/h4-6,10H,7-8H2,1-3H3;1H4/t10-;/m1./s1. The van der Waals surface area contributed by atoms with Crippen LogP contribution in [0.4, 0.5) is 5.69 Å². The molecular weight excluding hydrogens is 218 g/mol. The zero-order chi connectivity index (χ0) is 11.5. The Bertz CT molecular complexity index is 368. The van der Waals surface area contributed by atoms with Gasteiger partial charge in [-0.2, -0.15) is 0 Å². The Labute approximate surface area is 103 Å². The monoisotopic (exact) mass is 239 g/mol. The summed E-state index contributed by atoms with van der Waals surface area (Å²) in [4.78, 5) is 2.16. The molecule has 1 aliphatic heterocycles. The number of rotatable bonds is 3. The van der Waals surface area contributed by atoms with Crippen LogP contribution in [0.25, 0.3) is 0 Å². The molecule has 0 saturated carbocycles. The second-order valence-corrected chi connectivity index (χ2v) is 3.91. The number of fused-ring (bicyclic) bond motifs is 1. The largest absolute Gasteiger partial charge is 0.497 e. The minimum atomic E-state index is 0. The van der Waals surface area contributed by atoms with E-state index in [1.165, 1.54) is 0 Å². The van der Waals surface area contributed by atoms with Crippen LogP contribution in [-0.2, 0) is 4.74 Å². The van der Waals surface area contributed by atoms with Gasteiger partial charge in [0.25, 0.3) is 0 Å². The normalized spacial score (nSPS) is 17.8. The van der Waals surface area contributed by atoms with Crippen molar-refractivity contribution in [3.63, 3.8) is 0 Å². The van der Waals surface area contributed by atoms with Crippen LogP contribution in [0.5, 0.6) is 11.5 Å². The lowest BCUT2D eigenvalue weighted by atomic mass is 10.2. The van der Waals surface area contributed by atoms with E-state index in [9.17, 15) is 0 Å². The summed E-state index contributed by atoms with van der Waals surface area (Å²) in [6, 6.07) is 5.83. The molecule has 0 bridgehead atoms. The molecule has 96 valence electrons. The summed E-state index contributed by atoms with van der Waals surface area (Å²) in [5.41, 5.74) is 1.06. The molecule has 0 fully saturated rings. The lowest BCUT2D eigenvalue weighted by Gasteiger charge is -2.33. The third-order valence-corrected chi connectivity index (χ3v) is 2.70. The van der Waals surface area contributed by atoms with E-state index in [1.807, 2.05) is 25.2 Å². The summed E-state index contributed by atoms with van der Waals surface area (Å²) in [6.45, 7) is 1.43. The summed E-state index contributed by atoms with van der Waals surface area (Å²) in [6.07, 6.45) is 0.0934. The predicted molar refractivity (Wildman–Crippen MR) is 69.3 cm³/mol. The zero-order valence-electron chi connectivity index (χ0n) is 9.90. The Hall–Kier alpha value is -1.42. The Balaban J connectivity index is 0.00000144. The molecule has 1 heterocycles. The molecule has 0 unspecified atom stereocenters. The number of methoxy groups -OCH3 is 2. The molecule has 17 heavy (non-hydrogen) atoms. The Morgan fingerprint density at radius 1 is 1.41 bits per heavy atom. The third-order valence-electron chi connectivity index (χ3n) is 2.70. The van der Waals surface area contributed by atoms with Crippen molar-refractivity contribution >= 4 is 5.69 Å². The highest BCUT2D eigenvalue weighted by molar-refractivity contribution is 5.62. The van der Waals surface area contributed by atoms with Gasteiger partial charge < -0.3 is 19.1 Å². The summed E-state index contributed by atoms with van der Waals surface area (Å²) in [5.74, 6) is 1.73. The fourth-order valence-electron chi connectivity index (χ4n) is 1.92. The minimum Gasteiger partial charge on any atom is -0.497 e. The maximum absolute atomic E-state index is 5.82. The van der Waals surface area contributed by atoms with Crippen LogP contribution in [0.2, 0.25) is 0 Å². The third kappa shape index (κ3) is 2.82. The van der Waals surface area contributed by atoms with Crippen molar-refractivity contribution < 1.29 is 14.2 Å². The average molecular weight is 239 g/mol. The number of hydrogen-bond donors (Lipinski definition) is 0. The number of benzene rings is 1. The zero-order valence-corrected chi connectivity index (χ0v) is 9.90. The molecule has 0 saturated heterocycles. The van der Waals surface area contributed by atoms with Gasteiger partial charge in [-0.15, -0.1) is 0 Å². The molecule has 0 aromatic heterocycles. The minimum absolute atomic E-state index is 0. The van der Waals surface area contributed by atoms with Gasteiger partial charge in [0.1, 0.15) is 17.6 Å². The van der Waals surface area contributed by atoms with Crippen molar-refractivity contribution in [3.8, 4) is 11.5 Å². The molecule has 4 heteroatoms. The van der Waals surface area contributed by atoms with E-state index >= 15 is 0 Å². The second-order valence-electron chi connectivity index (χ2n) is 3.91.